The van der Waals surface area contributed by atoms with Gasteiger partial charge < -0.3 is 9.64 Å². The predicted molar refractivity (Wildman–Crippen MR) is 92.0 cm³/mol. The Labute approximate surface area is 145 Å². The number of benzene rings is 1. The number of hydrogen-bond acceptors (Lipinski definition) is 5. The number of aromatic nitrogens is 1. The van der Waals surface area contributed by atoms with E-state index in [0.717, 1.165) is 11.4 Å². The second kappa shape index (κ2) is 7.57. The lowest BCUT2D eigenvalue weighted by Gasteiger charge is -2.16. The lowest BCUT2D eigenvalue weighted by Crippen LogP contribution is -2.28. The van der Waals surface area contributed by atoms with Gasteiger partial charge in [0.1, 0.15) is 0 Å². The first kappa shape index (κ1) is 16.6. The molecule has 2 heterocycles. The van der Waals surface area contributed by atoms with Crippen LogP contribution in [-0.2, 0) is 16.0 Å². The molecule has 0 bridgehead atoms. The molecule has 3 rings (SSSR count). The number of thiazole rings is 1. The van der Waals surface area contributed by atoms with Gasteiger partial charge in [-0.25, -0.2) is 9.78 Å². The number of esters is 1. The summed E-state index contributed by atoms with van der Waals surface area (Å²) in [6.45, 7) is 3.47. The molecule has 1 aliphatic rings. The van der Waals surface area contributed by atoms with Crippen LogP contribution >= 0.6 is 11.3 Å². The zero-order valence-corrected chi connectivity index (χ0v) is 14.4. The van der Waals surface area contributed by atoms with E-state index in [1.807, 2.05) is 30.0 Å². The van der Waals surface area contributed by atoms with Crippen LogP contribution in [0.5, 0.6) is 0 Å². The maximum Gasteiger partial charge on any atom is 0.357 e. The molecule has 0 unspecified atom stereocenters. The van der Waals surface area contributed by atoms with E-state index in [1.54, 1.807) is 5.38 Å². The van der Waals surface area contributed by atoms with Crippen molar-refractivity contribution in [3.05, 3.63) is 52.0 Å². The zero-order chi connectivity index (χ0) is 16.9. The maximum atomic E-state index is 12.1. The topological polar surface area (TPSA) is 59.5 Å². The second-order valence-electron chi connectivity index (χ2n) is 6.00. The van der Waals surface area contributed by atoms with Crippen LogP contribution in [0.4, 0.5) is 0 Å². The number of nitrogens with zero attached hydrogens (tertiary/aromatic N) is 2. The van der Waals surface area contributed by atoms with Gasteiger partial charge in [0.15, 0.2) is 5.69 Å². The highest BCUT2D eigenvalue weighted by molar-refractivity contribution is 7.09. The van der Waals surface area contributed by atoms with Crippen molar-refractivity contribution in [3.8, 4) is 0 Å². The molecular formula is C18H20N2O3S. The molecule has 1 aromatic heterocycles. The fourth-order valence-corrected chi connectivity index (χ4v) is 3.40. The average molecular weight is 344 g/mol. The van der Waals surface area contributed by atoms with Crippen molar-refractivity contribution in [2.75, 3.05) is 19.7 Å². The molecule has 0 saturated carbocycles. The normalized spacial score (nSPS) is 17.3. The third-order valence-electron chi connectivity index (χ3n) is 4.09. The van der Waals surface area contributed by atoms with Crippen molar-refractivity contribution >= 4 is 23.2 Å². The van der Waals surface area contributed by atoms with Gasteiger partial charge in [0, 0.05) is 30.8 Å². The standard InChI is InChI=1S/C18H20N2O3S/c1-13-19-16(12-24-13)18(22)23-11-15-9-17(21)20(10-15)8-7-14-5-3-2-4-6-14/h2-6,12,15H,7-11H2,1H3/t15-/m0/s1. The van der Waals surface area contributed by atoms with Gasteiger partial charge in [0.2, 0.25) is 5.91 Å². The van der Waals surface area contributed by atoms with Crippen molar-refractivity contribution in [3.63, 3.8) is 0 Å². The highest BCUT2D eigenvalue weighted by atomic mass is 32.1. The minimum Gasteiger partial charge on any atom is -0.461 e. The van der Waals surface area contributed by atoms with Crippen LogP contribution in [0.1, 0.15) is 27.5 Å². The molecule has 1 atom stereocenters. The Morgan fingerprint density at radius 2 is 2.17 bits per heavy atom. The molecular weight excluding hydrogens is 324 g/mol. The molecule has 5 nitrogen and oxygen atoms in total. The van der Waals surface area contributed by atoms with Gasteiger partial charge in [-0.15, -0.1) is 11.3 Å². The number of rotatable bonds is 6. The number of aryl methyl sites for hydroxylation is 1. The van der Waals surface area contributed by atoms with Gasteiger partial charge in [0.25, 0.3) is 0 Å². The molecule has 24 heavy (non-hydrogen) atoms. The Kier molecular flexibility index (Phi) is 5.25. The summed E-state index contributed by atoms with van der Waals surface area (Å²) in [5, 5.41) is 2.54. The van der Waals surface area contributed by atoms with E-state index in [0.29, 0.717) is 25.2 Å². The molecule has 1 aromatic carbocycles. The van der Waals surface area contributed by atoms with Crippen molar-refractivity contribution in [1.82, 2.24) is 9.88 Å². The Bertz CT molecular complexity index is 714. The minimum absolute atomic E-state index is 0.0666. The lowest BCUT2D eigenvalue weighted by atomic mass is 10.1. The Morgan fingerprint density at radius 3 is 2.88 bits per heavy atom. The molecule has 1 aliphatic heterocycles. The molecule has 1 fully saturated rings. The van der Waals surface area contributed by atoms with Crippen LogP contribution < -0.4 is 0 Å². The van der Waals surface area contributed by atoms with Gasteiger partial charge in [-0.1, -0.05) is 30.3 Å². The van der Waals surface area contributed by atoms with Crippen LogP contribution in [0.25, 0.3) is 0 Å². The molecule has 1 amide bonds. The van der Waals surface area contributed by atoms with E-state index in [4.69, 9.17) is 4.74 Å². The summed E-state index contributed by atoms with van der Waals surface area (Å²) >= 11 is 1.42. The Balaban J connectivity index is 1.45. The van der Waals surface area contributed by atoms with Gasteiger partial charge in [-0.3, -0.25) is 4.79 Å². The first-order chi connectivity index (χ1) is 11.6. The first-order valence-corrected chi connectivity index (χ1v) is 8.91. The largest absolute Gasteiger partial charge is 0.461 e. The fraction of sp³-hybridized carbons (Fsp3) is 0.389. The summed E-state index contributed by atoms with van der Waals surface area (Å²) in [4.78, 5) is 30.0. The third-order valence-corrected chi connectivity index (χ3v) is 4.86. The van der Waals surface area contributed by atoms with E-state index in [2.05, 4.69) is 17.1 Å². The molecule has 0 spiro atoms. The van der Waals surface area contributed by atoms with Gasteiger partial charge in [-0.2, -0.15) is 0 Å². The smallest absolute Gasteiger partial charge is 0.357 e. The van der Waals surface area contributed by atoms with Crippen LogP contribution in [-0.4, -0.2) is 41.5 Å². The van der Waals surface area contributed by atoms with E-state index < -0.39 is 5.97 Å². The molecule has 126 valence electrons. The summed E-state index contributed by atoms with van der Waals surface area (Å²) in [6.07, 6.45) is 1.29. The fourth-order valence-electron chi connectivity index (χ4n) is 2.82. The third kappa shape index (κ3) is 4.20. The van der Waals surface area contributed by atoms with Crippen LogP contribution in [0.15, 0.2) is 35.7 Å². The molecule has 0 N–H and O–H groups in total. The summed E-state index contributed by atoms with van der Waals surface area (Å²) in [7, 11) is 0. The summed E-state index contributed by atoms with van der Waals surface area (Å²) in [5.41, 5.74) is 1.57. The molecule has 2 aromatic rings. The van der Waals surface area contributed by atoms with Gasteiger partial charge in [-0.05, 0) is 18.9 Å². The predicted octanol–water partition coefficient (Wildman–Crippen LogP) is 2.70. The van der Waals surface area contributed by atoms with Crippen molar-refractivity contribution in [2.24, 2.45) is 5.92 Å². The quantitative estimate of drug-likeness (QED) is 0.756. The summed E-state index contributed by atoms with van der Waals surface area (Å²) in [5.74, 6) is -0.206. The Morgan fingerprint density at radius 1 is 1.38 bits per heavy atom. The minimum atomic E-state index is -0.408. The number of ether oxygens (including phenoxy) is 1. The van der Waals surface area contributed by atoms with Crippen molar-refractivity contribution in [2.45, 2.75) is 19.8 Å². The maximum absolute atomic E-state index is 12.1. The van der Waals surface area contributed by atoms with Crippen molar-refractivity contribution < 1.29 is 14.3 Å². The number of carbonyl (C=O) groups excluding carboxylic acids is 2. The van der Waals surface area contributed by atoms with Gasteiger partial charge >= 0.3 is 5.97 Å². The lowest BCUT2D eigenvalue weighted by molar-refractivity contribution is -0.127. The zero-order valence-electron chi connectivity index (χ0n) is 13.6. The average Bonchev–Trinajstić information content (AvgIpc) is 3.17. The SMILES string of the molecule is Cc1nc(C(=O)OC[C@H]2CC(=O)N(CCc3ccccc3)C2)cs1. The van der Waals surface area contributed by atoms with E-state index in [-0.39, 0.29) is 18.4 Å². The first-order valence-electron chi connectivity index (χ1n) is 8.03. The number of carbonyl (C=O) groups is 2. The van der Waals surface area contributed by atoms with E-state index in [1.165, 1.54) is 16.9 Å². The highest BCUT2D eigenvalue weighted by Gasteiger charge is 2.30. The summed E-state index contributed by atoms with van der Waals surface area (Å²) < 4.78 is 5.31. The number of amides is 1. The number of hydrogen-bond donors (Lipinski definition) is 0. The van der Waals surface area contributed by atoms with Crippen LogP contribution in [0, 0.1) is 12.8 Å². The molecule has 0 aliphatic carbocycles. The van der Waals surface area contributed by atoms with Gasteiger partial charge in [0.05, 0.1) is 11.6 Å². The van der Waals surface area contributed by atoms with Crippen molar-refractivity contribution in [1.29, 1.82) is 0 Å². The second-order valence-corrected chi connectivity index (χ2v) is 7.06. The Hall–Kier alpha value is -2.21. The van der Waals surface area contributed by atoms with Crippen LogP contribution in [0.3, 0.4) is 0 Å². The summed E-state index contributed by atoms with van der Waals surface area (Å²) in [6, 6.07) is 10.1. The molecule has 1 saturated heterocycles. The van der Waals surface area contributed by atoms with E-state index >= 15 is 0 Å². The monoisotopic (exact) mass is 344 g/mol. The molecule has 0 radical (unpaired) electrons. The van der Waals surface area contributed by atoms with Crippen LogP contribution in [0.2, 0.25) is 0 Å². The number of likely N-dealkylation sites (tertiary alicyclic amines) is 1. The van der Waals surface area contributed by atoms with E-state index in [9.17, 15) is 9.59 Å². The molecule has 6 heteroatoms. The highest BCUT2D eigenvalue weighted by Crippen LogP contribution is 2.19.